The Bertz CT molecular complexity index is 86.3. The summed E-state index contributed by atoms with van der Waals surface area (Å²) in [6, 6.07) is 0. The van der Waals surface area contributed by atoms with Crippen LogP contribution in [0.3, 0.4) is 0 Å². The van der Waals surface area contributed by atoms with E-state index in [9.17, 15) is 5.11 Å². The van der Waals surface area contributed by atoms with Crippen LogP contribution in [0.4, 0.5) is 0 Å². The molecule has 0 amide bonds. The van der Waals surface area contributed by atoms with Crippen molar-refractivity contribution in [2.24, 2.45) is 0 Å². The van der Waals surface area contributed by atoms with Gasteiger partial charge in [-0.1, -0.05) is 59.3 Å². The van der Waals surface area contributed by atoms with Gasteiger partial charge in [0.1, 0.15) is 0 Å². The summed E-state index contributed by atoms with van der Waals surface area (Å²) < 4.78 is 0. The molecule has 0 aliphatic heterocycles. The number of rotatable bonds is 6. The summed E-state index contributed by atoms with van der Waals surface area (Å²) in [5.74, 6) is 0. The summed E-state index contributed by atoms with van der Waals surface area (Å²) in [6.45, 7) is 5.75. The maximum absolute atomic E-state index is 11.1. The average Bonchev–Trinajstić information content (AvgIpc) is 1.85. The molecule has 0 unspecified atom stereocenters. The molecule has 0 rings (SSSR count). The molecule has 0 aromatic rings. The average molecular weight is 180 g/mol. The van der Waals surface area contributed by atoms with Crippen LogP contribution in [-0.2, 0) is 0 Å². The largest absolute Gasteiger partial charge is 1.00 e. The Morgan fingerprint density at radius 1 is 1.00 bits per heavy atom. The molecule has 0 atom stereocenters. The van der Waals surface area contributed by atoms with Crippen LogP contribution < -0.4 is 34.7 Å². The van der Waals surface area contributed by atoms with E-state index in [1.165, 1.54) is 25.7 Å². The minimum atomic E-state index is -0.702. The minimum Gasteiger partial charge on any atom is -0.850 e. The topological polar surface area (TPSA) is 23.1 Å². The van der Waals surface area contributed by atoms with Crippen molar-refractivity contribution in [3.05, 3.63) is 0 Å². The van der Waals surface area contributed by atoms with Crippen LogP contribution in [0.25, 0.3) is 0 Å². The van der Waals surface area contributed by atoms with Crippen molar-refractivity contribution in [2.75, 3.05) is 0 Å². The summed E-state index contributed by atoms with van der Waals surface area (Å²) in [5, 5.41) is 11.1. The first-order valence-corrected chi connectivity index (χ1v) is 4.76. The minimum absolute atomic E-state index is 0. The first kappa shape index (κ1) is 15.4. The summed E-state index contributed by atoms with van der Waals surface area (Å²) in [5.41, 5.74) is -0.702. The van der Waals surface area contributed by atoms with Crippen LogP contribution in [0.2, 0.25) is 0 Å². The molecular formula is C10H21NaO. The molecule has 0 heterocycles. The van der Waals surface area contributed by atoms with Crippen molar-refractivity contribution in [2.45, 2.75) is 64.9 Å². The molecule has 0 saturated carbocycles. The van der Waals surface area contributed by atoms with Gasteiger partial charge in [0, 0.05) is 0 Å². The normalized spacial score (nSPS) is 11.0. The van der Waals surface area contributed by atoms with Gasteiger partial charge in [0.2, 0.25) is 0 Å². The Balaban J connectivity index is 0. The van der Waals surface area contributed by atoms with Crippen LogP contribution in [0.1, 0.15) is 59.3 Å². The first-order chi connectivity index (χ1) is 5.06. The monoisotopic (exact) mass is 180 g/mol. The summed E-state index contributed by atoms with van der Waals surface area (Å²) in [7, 11) is 0. The molecule has 0 N–H and O–H groups in total. The Morgan fingerprint density at radius 3 is 1.92 bits per heavy atom. The Morgan fingerprint density at radius 2 is 1.50 bits per heavy atom. The van der Waals surface area contributed by atoms with Crippen molar-refractivity contribution < 1.29 is 34.7 Å². The zero-order chi connectivity index (χ0) is 8.74. The zero-order valence-electron chi connectivity index (χ0n) is 9.15. The second kappa shape index (κ2) is 8.55. The fraction of sp³-hybridized carbons (Fsp3) is 1.00. The van der Waals surface area contributed by atoms with E-state index in [1.54, 1.807) is 13.8 Å². The van der Waals surface area contributed by atoms with Gasteiger partial charge in [-0.3, -0.25) is 0 Å². The maximum Gasteiger partial charge on any atom is 1.00 e. The summed E-state index contributed by atoms with van der Waals surface area (Å²) >= 11 is 0. The van der Waals surface area contributed by atoms with Crippen LogP contribution in [-0.4, -0.2) is 5.60 Å². The molecule has 1 nitrogen and oxygen atoms in total. The van der Waals surface area contributed by atoms with E-state index in [2.05, 4.69) is 6.92 Å². The van der Waals surface area contributed by atoms with E-state index in [0.29, 0.717) is 0 Å². The van der Waals surface area contributed by atoms with Gasteiger partial charge < -0.3 is 5.11 Å². The van der Waals surface area contributed by atoms with E-state index in [0.717, 1.165) is 12.8 Å². The zero-order valence-corrected chi connectivity index (χ0v) is 11.2. The fourth-order valence-corrected chi connectivity index (χ4v) is 1.15. The third kappa shape index (κ3) is 13.5. The van der Waals surface area contributed by atoms with E-state index in [1.807, 2.05) is 0 Å². The van der Waals surface area contributed by atoms with E-state index < -0.39 is 5.60 Å². The van der Waals surface area contributed by atoms with Gasteiger partial charge in [0.05, 0.1) is 0 Å². The van der Waals surface area contributed by atoms with Crippen molar-refractivity contribution in [3.8, 4) is 0 Å². The Kier molecular flexibility index (Phi) is 11.0. The Labute approximate surface area is 99.2 Å². The molecule has 0 aliphatic carbocycles. The second-order valence-corrected chi connectivity index (χ2v) is 3.92. The summed E-state index contributed by atoms with van der Waals surface area (Å²) in [4.78, 5) is 0. The standard InChI is InChI=1S/C10H21O.Na/c1-4-5-6-7-8-9-10(2,3)11;/h4-9H2,1-3H3;/q-1;+1. The third-order valence-electron chi connectivity index (χ3n) is 1.88. The molecule has 0 saturated heterocycles. The van der Waals surface area contributed by atoms with Crippen molar-refractivity contribution >= 4 is 0 Å². The predicted octanol–water partition coefficient (Wildman–Crippen LogP) is -0.510. The second-order valence-electron chi connectivity index (χ2n) is 3.92. The maximum atomic E-state index is 11.1. The fourth-order valence-electron chi connectivity index (χ4n) is 1.15. The van der Waals surface area contributed by atoms with Crippen LogP contribution in [0.5, 0.6) is 0 Å². The molecule has 0 aliphatic rings. The molecule has 0 fully saturated rings. The quantitative estimate of drug-likeness (QED) is 0.399. The Hall–Kier alpha value is 0.960. The molecule has 12 heavy (non-hydrogen) atoms. The molecule has 0 aromatic heterocycles. The molecule has 2 heteroatoms. The van der Waals surface area contributed by atoms with Crippen LogP contribution >= 0.6 is 0 Å². The van der Waals surface area contributed by atoms with Gasteiger partial charge >= 0.3 is 29.6 Å². The van der Waals surface area contributed by atoms with Crippen molar-refractivity contribution in [1.82, 2.24) is 0 Å². The number of unbranched alkanes of at least 4 members (excludes halogenated alkanes) is 4. The smallest absolute Gasteiger partial charge is 0.850 e. The van der Waals surface area contributed by atoms with Gasteiger partial charge in [-0.2, -0.15) is 0 Å². The van der Waals surface area contributed by atoms with Gasteiger partial charge in [0.15, 0.2) is 0 Å². The number of hydrogen-bond acceptors (Lipinski definition) is 1. The van der Waals surface area contributed by atoms with Crippen LogP contribution in [0, 0.1) is 0 Å². The molecule has 0 aromatic carbocycles. The first-order valence-electron chi connectivity index (χ1n) is 4.76. The number of hydrogen-bond donors (Lipinski definition) is 0. The van der Waals surface area contributed by atoms with Gasteiger partial charge in [-0.05, 0) is 0 Å². The van der Waals surface area contributed by atoms with Crippen LogP contribution in [0.15, 0.2) is 0 Å². The van der Waals surface area contributed by atoms with Crippen molar-refractivity contribution in [1.29, 1.82) is 0 Å². The van der Waals surface area contributed by atoms with Gasteiger partial charge in [-0.15, -0.1) is 5.60 Å². The van der Waals surface area contributed by atoms with E-state index in [4.69, 9.17) is 0 Å². The van der Waals surface area contributed by atoms with Gasteiger partial charge in [0.25, 0.3) is 0 Å². The van der Waals surface area contributed by atoms with Gasteiger partial charge in [-0.25, -0.2) is 0 Å². The SMILES string of the molecule is CCCCCCCC(C)(C)[O-].[Na+]. The molecule has 0 bridgehead atoms. The van der Waals surface area contributed by atoms with E-state index in [-0.39, 0.29) is 29.6 Å². The van der Waals surface area contributed by atoms with E-state index >= 15 is 0 Å². The third-order valence-corrected chi connectivity index (χ3v) is 1.88. The molecule has 68 valence electrons. The molecular weight excluding hydrogens is 159 g/mol. The predicted molar refractivity (Wildman–Crippen MR) is 47.5 cm³/mol. The summed E-state index contributed by atoms with van der Waals surface area (Å²) in [6.07, 6.45) is 7.07. The van der Waals surface area contributed by atoms with Crippen molar-refractivity contribution in [3.63, 3.8) is 0 Å². The molecule has 0 spiro atoms. The molecule has 0 radical (unpaired) electrons.